The standard InChI is InChI=1S/C38H35N5O6S/c1-46-28-17-13-26(14-18-28)38(25-11-7-4-8-12-25,27-15-19-29(47-2)20-16-27)48-22-31-30(44)21-32(49-31)43-35-33(41-37(43)50)34(39-23-40-35)42-36(45)24-9-5-3-6-10-24/h3-20,23,30-32,44H,21-22H2,1-2H3,(H,41,50)(H,39,40,42,45)/t30-,31-,32-/m1/s1. The largest absolute Gasteiger partial charge is 0.497 e. The Morgan fingerprint density at radius 2 is 1.48 bits per heavy atom. The molecule has 1 aliphatic rings. The SMILES string of the molecule is COc1ccc(C(OC[C@H]2O[C@@H](n3c(=S)[nH]c4c(NC(=O)c5ccccc5)ncnc43)C[C@H]2O)(c2ccccc2)c2ccc(OC)cc2)cc1. The van der Waals surface area contributed by atoms with E-state index in [1.807, 2.05) is 84.9 Å². The second-order valence-corrected chi connectivity index (χ2v) is 12.2. The van der Waals surface area contributed by atoms with Crippen LogP contribution in [0.3, 0.4) is 0 Å². The Morgan fingerprint density at radius 3 is 2.08 bits per heavy atom. The lowest BCUT2D eigenvalue weighted by atomic mass is 9.80. The summed E-state index contributed by atoms with van der Waals surface area (Å²) in [5, 5.41) is 14.2. The van der Waals surface area contributed by atoms with E-state index in [4.69, 9.17) is 31.2 Å². The summed E-state index contributed by atoms with van der Waals surface area (Å²) in [5.74, 6) is 1.38. The fourth-order valence-corrected chi connectivity index (χ4v) is 6.68. The highest BCUT2D eigenvalue weighted by atomic mass is 32.1. The van der Waals surface area contributed by atoms with Crippen molar-refractivity contribution in [3.63, 3.8) is 0 Å². The summed E-state index contributed by atoms with van der Waals surface area (Å²) in [6.45, 7) is 0.0354. The molecule has 12 heteroatoms. The lowest BCUT2D eigenvalue weighted by Gasteiger charge is -2.37. The Morgan fingerprint density at radius 1 is 0.900 bits per heavy atom. The third kappa shape index (κ3) is 6.25. The Hall–Kier alpha value is -5.40. The molecule has 254 valence electrons. The van der Waals surface area contributed by atoms with E-state index >= 15 is 0 Å². The summed E-state index contributed by atoms with van der Waals surface area (Å²) in [5.41, 5.74) is 2.89. The lowest BCUT2D eigenvalue weighted by molar-refractivity contribution is -0.0933. The molecule has 0 saturated carbocycles. The third-order valence-electron chi connectivity index (χ3n) is 8.90. The van der Waals surface area contributed by atoms with Crippen LogP contribution in [0.2, 0.25) is 0 Å². The first-order chi connectivity index (χ1) is 24.4. The van der Waals surface area contributed by atoms with Gasteiger partial charge >= 0.3 is 0 Å². The van der Waals surface area contributed by atoms with Crippen molar-refractivity contribution in [3.8, 4) is 11.5 Å². The van der Waals surface area contributed by atoms with Crippen LogP contribution in [0.4, 0.5) is 5.82 Å². The maximum atomic E-state index is 12.9. The minimum atomic E-state index is -1.09. The molecule has 0 bridgehead atoms. The average molecular weight is 690 g/mol. The number of hydrogen-bond acceptors (Lipinski definition) is 9. The summed E-state index contributed by atoms with van der Waals surface area (Å²) < 4.78 is 26.4. The number of carbonyl (C=O) groups is 1. The van der Waals surface area contributed by atoms with Gasteiger partial charge in [0.15, 0.2) is 16.2 Å². The molecule has 1 aliphatic heterocycles. The molecule has 1 fully saturated rings. The molecule has 2 aromatic heterocycles. The molecule has 50 heavy (non-hydrogen) atoms. The fourth-order valence-electron chi connectivity index (χ4n) is 6.37. The molecule has 3 N–H and O–H groups in total. The number of imidazole rings is 1. The molecule has 0 spiro atoms. The number of rotatable bonds is 11. The number of benzene rings is 4. The van der Waals surface area contributed by atoms with E-state index in [1.165, 1.54) is 6.33 Å². The summed E-state index contributed by atoms with van der Waals surface area (Å²) in [6.07, 6.45) is -0.683. The number of hydrogen-bond donors (Lipinski definition) is 3. The summed E-state index contributed by atoms with van der Waals surface area (Å²) in [4.78, 5) is 24.8. The lowest BCUT2D eigenvalue weighted by Crippen LogP contribution is -2.38. The number of aromatic nitrogens is 4. The van der Waals surface area contributed by atoms with Crippen molar-refractivity contribution in [1.29, 1.82) is 0 Å². The molecule has 11 nitrogen and oxygen atoms in total. The summed E-state index contributed by atoms with van der Waals surface area (Å²) in [6, 6.07) is 34.3. The Kier molecular flexibility index (Phi) is 9.42. The van der Waals surface area contributed by atoms with E-state index in [9.17, 15) is 9.90 Å². The van der Waals surface area contributed by atoms with E-state index in [0.717, 1.165) is 16.7 Å². The van der Waals surface area contributed by atoms with Gasteiger partial charge in [-0.25, -0.2) is 9.97 Å². The van der Waals surface area contributed by atoms with Crippen LogP contribution in [-0.2, 0) is 15.1 Å². The van der Waals surface area contributed by atoms with E-state index in [-0.39, 0.29) is 24.8 Å². The van der Waals surface area contributed by atoms with Crippen LogP contribution in [0.25, 0.3) is 11.2 Å². The van der Waals surface area contributed by atoms with Crippen LogP contribution in [-0.4, -0.2) is 63.6 Å². The number of nitrogens with zero attached hydrogens (tertiary/aromatic N) is 3. The smallest absolute Gasteiger partial charge is 0.256 e. The molecule has 0 unspecified atom stereocenters. The number of anilines is 1. The van der Waals surface area contributed by atoms with Crippen LogP contribution in [0, 0.1) is 4.77 Å². The van der Waals surface area contributed by atoms with Crippen molar-refractivity contribution in [1.82, 2.24) is 19.5 Å². The molecule has 7 rings (SSSR count). The topological polar surface area (TPSA) is 133 Å². The number of fused-ring (bicyclic) bond motifs is 1. The van der Waals surface area contributed by atoms with Gasteiger partial charge in [0.2, 0.25) is 0 Å². The van der Waals surface area contributed by atoms with Gasteiger partial charge in [0.1, 0.15) is 41.3 Å². The number of aromatic amines is 1. The van der Waals surface area contributed by atoms with Crippen molar-refractivity contribution in [3.05, 3.63) is 143 Å². The van der Waals surface area contributed by atoms with Gasteiger partial charge in [-0.05, 0) is 65.3 Å². The van der Waals surface area contributed by atoms with Gasteiger partial charge in [-0.15, -0.1) is 0 Å². The first kappa shape index (κ1) is 33.1. The molecule has 0 radical (unpaired) electrons. The Balaban J connectivity index is 1.20. The number of aliphatic hydroxyl groups is 1. The quantitative estimate of drug-likeness (QED) is 0.104. The van der Waals surface area contributed by atoms with Crippen LogP contribution >= 0.6 is 12.2 Å². The maximum absolute atomic E-state index is 12.9. The number of carbonyl (C=O) groups excluding carboxylic acids is 1. The number of aliphatic hydroxyl groups excluding tert-OH is 1. The van der Waals surface area contributed by atoms with Gasteiger partial charge in [0.25, 0.3) is 5.91 Å². The molecular weight excluding hydrogens is 655 g/mol. The van der Waals surface area contributed by atoms with Gasteiger partial charge in [-0.2, -0.15) is 0 Å². The van der Waals surface area contributed by atoms with Gasteiger partial charge in [0, 0.05) is 12.0 Å². The number of ether oxygens (including phenoxy) is 4. The van der Waals surface area contributed by atoms with Crippen molar-refractivity contribution in [2.45, 2.75) is 30.5 Å². The van der Waals surface area contributed by atoms with Crippen molar-refractivity contribution in [2.75, 3.05) is 26.1 Å². The molecule has 0 aliphatic carbocycles. The molecule has 3 atom stereocenters. The maximum Gasteiger partial charge on any atom is 0.256 e. The molecule has 3 heterocycles. The Bertz CT molecular complexity index is 2090. The van der Waals surface area contributed by atoms with Crippen molar-refractivity contribution < 1.29 is 28.8 Å². The van der Waals surface area contributed by atoms with Crippen LogP contribution < -0.4 is 14.8 Å². The average Bonchev–Trinajstić information content (AvgIpc) is 3.71. The molecule has 4 aromatic carbocycles. The molecule has 1 saturated heterocycles. The second-order valence-electron chi connectivity index (χ2n) is 11.8. The second kappa shape index (κ2) is 14.2. The first-order valence-electron chi connectivity index (χ1n) is 16.0. The van der Waals surface area contributed by atoms with E-state index in [1.54, 1.807) is 43.1 Å². The van der Waals surface area contributed by atoms with Gasteiger partial charge in [-0.3, -0.25) is 9.36 Å². The number of nitrogens with one attached hydrogen (secondary N) is 2. The van der Waals surface area contributed by atoms with Crippen molar-refractivity contribution in [2.24, 2.45) is 0 Å². The van der Waals surface area contributed by atoms with Crippen LogP contribution in [0.5, 0.6) is 11.5 Å². The van der Waals surface area contributed by atoms with E-state index in [0.29, 0.717) is 33.0 Å². The molecular formula is C38H35N5O6S. The number of amides is 1. The highest BCUT2D eigenvalue weighted by Crippen LogP contribution is 2.43. The highest BCUT2D eigenvalue weighted by Gasteiger charge is 2.42. The number of H-pyrrole nitrogens is 1. The van der Waals surface area contributed by atoms with Gasteiger partial charge in [-0.1, -0.05) is 72.8 Å². The zero-order valence-electron chi connectivity index (χ0n) is 27.4. The van der Waals surface area contributed by atoms with E-state index in [2.05, 4.69) is 20.3 Å². The molecule has 1 amide bonds. The third-order valence-corrected chi connectivity index (χ3v) is 9.20. The van der Waals surface area contributed by atoms with Crippen LogP contribution in [0.15, 0.2) is 116 Å². The van der Waals surface area contributed by atoms with E-state index < -0.39 is 24.0 Å². The zero-order valence-corrected chi connectivity index (χ0v) is 28.2. The first-order valence-corrected chi connectivity index (χ1v) is 16.5. The highest BCUT2D eigenvalue weighted by molar-refractivity contribution is 7.71. The fraction of sp³-hybridized carbons (Fsp3) is 0.211. The predicted molar refractivity (Wildman–Crippen MR) is 190 cm³/mol. The van der Waals surface area contributed by atoms with Gasteiger partial charge < -0.3 is 34.4 Å². The summed E-state index contributed by atoms with van der Waals surface area (Å²) >= 11 is 5.70. The zero-order chi connectivity index (χ0) is 34.7. The Labute approximate surface area is 293 Å². The van der Waals surface area contributed by atoms with Gasteiger partial charge in [0.05, 0.1) is 26.9 Å². The van der Waals surface area contributed by atoms with Crippen LogP contribution in [0.1, 0.15) is 39.7 Å². The monoisotopic (exact) mass is 689 g/mol. The minimum Gasteiger partial charge on any atom is -0.497 e. The summed E-state index contributed by atoms with van der Waals surface area (Å²) in [7, 11) is 3.25. The predicted octanol–water partition coefficient (Wildman–Crippen LogP) is 6.42. The minimum absolute atomic E-state index is 0.0354. The molecule has 6 aromatic rings. The number of methoxy groups -OCH3 is 2. The normalized spacial score (nSPS) is 17.5. The van der Waals surface area contributed by atoms with Crippen molar-refractivity contribution >= 4 is 35.1 Å².